The number of para-hydroxylation sites is 1. The van der Waals surface area contributed by atoms with Crippen molar-refractivity contribution in [2.45, 2.75) is 6.61 Å². The van der Waals surface area contributed by atoms with Crippen molar-refractivity contribution in [3.8, 4) is 5.75 Å². The van der Waals surface area contributed by atoms with Crippen LogP contribution in [0.5, 0.6) is 5.75 Å². The van der Waals surface area contributed by atoms with Crippen molar-refractivity contribution < 1.29 is 9.13 Å². The molecule has 0 saturated carbocycles. The Morgan fingerprint density at radius 3 is 2.94 bits per heavy atom. The molecule has 5 heteroatoms. The van der Waals surface area contributed by atoms with Crippen LogP contribution in [0.1, 0.15) is 5.69 Å². The summed E-state index contributed by atoms with van der Waals surface area (Å²) in [6.07, 6.45) is 1.66. The number of nitrogens with one attached hydrogen (secondary N) is 1. The van der Waals surface area contributed by atoms with Gasteiger partial charge in [0.15, 0.2) is 11.6 Å². The first-order chi connectivity index (χ1) is 8.70. The Labute approximate surface area is 110 Å². The summed E-state index contributed by atoms with van der Waals surface area (Å²) >= 11 is 5.86. The van der Waals surface area contributed by atoms with E-state index in [4.69, 9.17) is 16.3 Å². The van der Waals surface area contributed by atoms with E-state index in [1.54, 1.807) is 12.3 Å². The Morgan fingerprint density at radius 1 is 1.39 bits per heavy atom. The van der Waals surface area contributed by atoms with Crippen LogP contribution < -0.4 is 10.1 Å². The van der Waals surface area contributed by atoms with Crippen molar-refractivity contribution in [2.75, 3.05) is 12.4 Å². The largest absolute Gasteiger partial charge is 0.483 e. The zero-order chi connectivity index (χ0) is 13.0. The predicted octanol–water partition coefficient (Wildman–Crippen LogP) is 3.49. The van der Waals surface area contributed by atoms with Crippen molar-refractivity contribution in [1.29, 1.82) is 0 Å². The maximum Gasteiger partial charge on any atom is 0.174 e. The van der Waals surface area contributed by atoms with Crippen LogP contribution in [0.2, 0.25) is 5.02 Å². The number of pyridine rings is 1. The van der Waals surface area contributed by atoms with Crippen molar-refractivity contribution >= 4 is 17.3 Å². The van der Waals surface area contributed by atoms with Crippen molar-refractivity contribution in [1.82, 2.24) is 4.98 Å². The summed E-state index contributed by atoms with van der Waals surface area (Å²) in [6, 6.07) is 8.08. The van der Waals surface area contributed by atoms with E-state index in [0.717, 1.165) is 5.69 Å². The average Bonchev–Trinajstić information content (AvgIpc) is 2.38. The molecule has 0 aliphatic carbocycles. The van der Waals surface area contributed by atoms with Gasteiger partial charge in [0.25, 0.3) is 0 Å². The van der Waals surface area contributed by atoms with Gasteiger partial charge in [0.1, 0.15) is 6.61 Å². The van der Waals surface area contributed by atoms with E-state index in [9.17, 15) is 4.39 Å². The van der Waals surface area contributed by atoms with Gasteiger partial charge in [-0.05, 0) is 24.3 Å². The minimum Gasteiger partial charge on any atom is -0.483 e. The number of aromatic nitrogens is 1. The molecular weight excluding hydrogens is 255 g/mol. The van der Waals surface area contributed by atoms with Crippen molar-refractivity contribution in [3.63, 3.8) is 0 Å². The van der Waals surface area contributed by atoms with Crippen LogP contribution in [0, 0.1) is 5.82 Å². The lowest BCUT2D eigenvalue weighted by molar-refractivity contribution is 0.286. The fraction of sp³-hybridized carbons (Fsp3) is 0.154. The normalized spacial score (nSPS) is 10.2. The van der Waals surface area contributed by atoms with Gasteiger partial charge in [-0.15, -0.1) is 0 Å². The minimum atomic E-state index is -0.479. The van der Waals surface area contributed by atoms with Crippen LogP contribution >= 0.6 is 11.6 Å². The molecule has 2 aromatic rings. The second-order valence-corrected chi connectivity index (χ2v) is 4.03. The Balaban J connectivity index is 2.11. The fourth-order valence-electron chi connectivity index (χ4n) is 1.48. The molecule has 94 valence electrons. The van der Waals surface area contributed by atoms with E-state index in [0.29, 0.717) is 5.69 Å². The molecule has 0 saturated heterocycles. The molecule has 0 amide bonds. The molecule has 1 aromatic carbocycles. The van der Waals surface area contributed by atoms with Gasteiger partial charge in [-0.25, -0.2) is 4.39 Å². The SMILES string of the molecule is CNc1ccnc(COc2c(F)cccc2Cl)c1. The Bertz CT molecular complexity index is 528. The van der Waals surface area contributed by atoms with Gasteiger partial charge < -0.3 is 10.1 Å². The summed E-state index contributed by atoms with van der Waals surface area (Å²) in [7, 11) is 1.81. The molecule has 0 unspecified atom stereocenters. The van der Waals surface area contributed by atoms with E-state index in [-0.39, 0.29) is 17.4 Å². The molecule has 1 heterocycles. The van der Waals surface area contributed by atoms with E-state index >= 15 is 0 Å². The number of rotatable bonds is 4. The Morgan fingerprint density at radius 2 is 2.22 bits per heavy atom. The van der Waals surface area contributed by atoms with Crippen molar-refractivity contribution in [2.24, 2.45) is 0 Å². The van der Waals surface area contributed by atoms with Crippen molar-refractivity contribution in [3.05, 3.63) is 53.1 Å². The Kier molecular flexibility index (Phi) is 3.99. The molecule has 18 heavy (non-hydrogen) atoms. The zero-order valence-corrected chi connectivity index (χ0v) is 10.5. The first-order valence-electron chi connectivity index (χ1n) is 5.40. The van der Waals surface area contributed by atoms with Gasteiger partial charge in [-0.3, -0.25) is 4.98 Å². The van der Waals surface area contributed by atoms with Crippen LogP contribution in [0.15, 0.2) is 36.5 Å². The number of hydrogen-bond acceptors (Lipinski definition) is 3. The van der Waals surface area contributed by atoms with Crippen LogP contribution in [-0.4, -0.2) is 12.0 Å². The van der Waals surface area contributed by atoms with E-state index in [1.807, 2.05) is 19.2 Å². The highest BCUT2D eigenvalue weighted by atomic mass is 35.5. The summed E-state index contributed by atoms with van der Waals surface area (Å²) in [5, 5.41) is 3.24. The molecule has 0 radical (unpaired) electrons. The summed E-state index contributed by atoms with van der Waals surface area (Å²) in [4.78, 5) is 4.13. The molecule has 2 rings (SSSR count). The maximum absolute atomic E-state index is 13.5. The fourth-order valence-corrected chi connectivity index (χ4v) is 1.70. The number of benzene rings is 1. The van der Waals surface area contributed by atoms with Crippen LogP contribution in [0.25, 0.3) is 0 Å². The monoisotopic (exact) mass is 266 g/mol. The van der Waals surface area contributed by atoms with E-state index < -0.39 is 5.82 Å². The number of nitrogens with zero attached hydrogens (tertiary/aromatic N) is 1. The van der Waals surface area contributed by atoms with Gasteiger partial charge in [0, 0.05) is 18.9 Å². The molecule has 3 nitrogen and oxygen atoms in total. The lowest BCUT2D eigenvalue weighted by atomic mass is 10.3. The molecular formula is C13H12ClFN2O. The molecule has 0 bridgehead atoms. The van der Waals surface area contributed by atoms with Gasteiger partial charge in [0.05, 0.1) is 10.7 Å². The molecule has 0 spiro atoms. The summed E-state index contributed by atoms with van der Waals surface area (Å²) < 4.78 is 18.8. The minimum absolute atomic E-state index is 0.0517. The van der Waals surface area contributed by atoms with Gasteiger partial charge in [0.2, 0.25) is 0 Å². The highest BCUT2D eigenvalue weighted by Gasteiger charge is 2.08. The topological polar surface area (TPSA) is 34.2 Å². The molecule has 0 aliphatic heterocycles. The molecule has 1 aromatic heterocycles. The third-order valence-electron chi connectivity index (χ3n) is 2.39. The standard InChI is InChI=1S/C13H12ClFN2O/c1-16-9-5-6-17-10(7-9)8-18-13-11(14)3-2-4-12(13)15/h2-7H,8H2,1H3,(H,16,17). The second kappa shape index (κ2) is 5.69. The maximum atomic E-state index is 13.5. The van der Waals surface area contributed by atoms with Crippen LogP contribution in [0.4, 0.5) is 10.1 Å². The molecule has 1 N–H and O–H groups in total. The first kappa shape index (κ1) is 12.6. The second-order valence-electron chi connectivity index (χ2n) is 3.63. The zero-order valence-electron chi connectivity index (χ0n) is 9.78. The number of halogens is 2. The summed E-state index contributed by atoms with van der Waals surface area (Å²) in [5.41, 5.74) is 1.62. The third-order valence-corrected chi connectivity index (χ3v) is 2.69. The Hall–Kier alpha value is -1.81. The smallest absolute Gasteiger partial charge is 0.174 e. The lowest BCUT2D eigenvalue weighted by Crippen LogP contribution is -2.01. The number of anilines is 1. The molecule has 0 aliphatic rings. The summed E-state index contributed by atoms with van der Waals surface area (Å²) in [6.45, 7) is 0.163. The first-order valence-corrected chi connectivity index (χ1v) is 5.78. The van der Waals surface area contributed by atoms with Gasteiger partial charge >= 0.3 is 0 Å². The third kappa shape index (κ3) is 2.90. The lowest BCUT2D eigenvalue weighted by Gasteiger charge is -2.09. The van der Waals surface area contributed by atoms with E-state index in [2.05, 4.69) is 10.3 Å². The van der Waals surface area contributed by atoms with Gasteiger partial charge in [-0.1, -0.05) is 17.7 Å². The van der Waals surface area contributed by atoms with Crippen LogP contribution in [-0.2, 0) is 6.61 Å². The molecule has 0 atom stereocenters. The predicted molar refractivity (Wildman–Crippen MR) is 69.5 cm³/mol. The number of ether oxygens (including phenoxy) is 1. The van der Waals surface area contributed by atoms with Crippen LogP contribution in [0.3, 0.4) is 0 Å². The highest BCUT2D eigenvalue weighted by Crippen LogP contribution is 2.27. The average molecular weight is 267 g/mol. The highest BCUT2D eigenvalue weighted by molar-refractivity contribution is 6.32. The quantitative estimate of drug-likeness (QED) is 0.920. The van der Waals surface area contributed by atoms with E-state index in [1.165, 1.54) is 12.1 Å². The number of hydrogen-bond donors (Lipinski definition) is 1. The summed E-state index contributed by atoms with van der Waals surface area (Å²) in [5.74, 6) is -0.428. The van der Waals surface area contributed by atoms with Gasteiger partial charge in [-0.2, -0.15) is 0 Å². The molecule has 0 fully saturated rings.